The van der Waals surface area contributed by atoms with Crippen molar-refractivity contribution >= 4 is 34.0 Å². The predicted octanol–water partition coefficient (Wildman–Crippen LogP) is 1.79. The van der Waals surface area contributed by atoms with E-state index in [0.717, 1.165) is 5.56 Å². The van der Waals surface area contributed by atoms with Crippen molar-refractivity contribution in [3.05, 3.63) is 28.8 Å². The number of halogens is 2. The van der Waals surface area contributed by atoms with Crippen LogP contribution in [0, 0.1) is 6.92 Å². The maximum Gasteiger partial charge on any atom is 0.244 e. The van der Waals surface area contributed by atoms with Gasteiger partial charge in [-0.2, -0.15) is 4.31 Å². The van der Waals surface area contributed by atoms with E-state index >= 15 is 0 Å². The van der Waals surface area contributed by atoms with Crippen molar-refractivity contribution in [3.63, 3.8) is 0 Å². The Morgan fingerprint density at radius 3 is 2.67 bits per heavy atom. The Morgan fingerprint density at radius 1 is 1.44 bits per heavy atom. The topological polar surface area (TPSA) is 63.4 Å². The van der Waals surface area contributed by atoms with E-state index in [2.05, 4.69) is 0 Å². The van der Waals surface area contributed by atoms with E-state index in [1.807, 2.05) is 0 Å². The van der Waals surface area contributed by atoms with E-state index in [4.69, 9.17) is 17.3 Å². The number of hydrogen-bond donors (Lipinski definition) is 1. The number of hydrogen-bond acceptors (Lipinski definition) is 3. The molecule has 1 atom stereocenters. The van der Waals surface area contributed by atoms with Gasteiger partial charge in [0.1, 0.15) is 4.90 Å². The molecule has 1 saturated heterocycles. The molecule has 2 N–H and O–H groups in total. The lowest BCUT2D eigenvalue weighted by Gasteiger charge is -2.17. The van der Waals surface area contributed by atoms with E-state index in [0.29, 0.717) is 24.5 Å². The van der Waals surface area contributed by atoms with Crippen molar-refractivity contribution in [2.24, 2.45) is 5.73 Å². The molecule has 1 aromatic carbocycles. The van der Waals surface area contributed by atoms with Crippen LogP contribution in [0.4, 0.5) is 0 Å². The summed E-state index contributed by atoms with van der Waals surface area (Å²) < 4.78 is 26.1. The Balaban J connectivity index is 0.00000162. The first kappa shape index (κ1) is 15.7. The molecule has 0 aliphatic carbocycles. The molecule has 0 aromatic heterocycles. The van der Waals surface area contributed by atoms with Crippen molar-refractivity contribution in [3.8, 4) is 0 Å². The van der Waals surface area contributed by atoms with Gasteiger partial charge in [0.05, 0.1) is 5.02 Å². The molecule has 7 heteroatoms. The smallest absolute Gasteiger partial charge is 0.244 e. The summed E-state index contributed by atoms with van der Waals surface area (Å²) in [5, 5.41) is 0.299. The first-order chi connectivity index (χ1) is 7.93. The summed E-state index contributed by atoms with van der Waals surface area (Å²) in [5.41, 5.74) is 6.49. The van der Waals surface area contributed by atoms with E-state index in [1.54, 1.807) is 19.1 Å². The summed E-state index contributed by atoms with van der Waals surface area (Å²) in [7, 11) is -3.50. The fourth-order valence-corrected chi connectivity index (χ4v) is 4.00. The second kappa shape index (κ2) is 5.75. The molecule has 18 heavy (non-hydrogen) atoms. The standard InChI is InChI=1S/C11H15ClN2O2S.ClH/c1-8-3-2-4-10(11(8)12)17(15,16)14-6-5-9(13)7-14;/h2-4,9H,5-7,13H2,1H3;1H. The third kappa shape index (κ3) is 2.81. The molecule has 0 saturated carbocycles. The largest absolute Gasteiger partial charge is 0.326 e. The van der Waals surface area contributed by atoms with E-state index in [1.165, 1.54) is 10.4 Å². The van der Waals surface area contributed by atoms with Gasteiger partial charge >= 0.3 is 0 Å². The fourth-order valence-electron chi connectivity index (χ4n) is 1.93. The highest BCUT2D eigenvalue weighted by molar-refractivity contribution is 7.89. The SMILES string of the molecule is Cc1cccc(S(=O)(=O)N2CCC(N)C2)c1Cl.Cl. The summed E-state index contributed by atoms with van der Waals surface area (Å²) in [6, 6.07) is 4.95. The van der Waals surface area contributed by atoms with Crippen LogP contribution in [-0.2, 0) is 10.0 Å². The average molecular weight is 311 g/mol. The zero-order chi connectivity index (χ0) is 12.6. The Morgan fingerprint density at radius 2 is 2.11 bits per heavy atom. The summed E-state index contributed by atoms with van der Waals surface area (Å²) in [4.78, 5) is 0.174. The van der Waals surface area contributed by atoms with Gasteiger partial charge in [-0.1, -0.05) is 23.7 Å². The highest BCUT2D eigenvalue weighted by atomic mass is 35.5. The maximum absolute atomic E-state index is 12.3. The summed E-state index contributed by atoms with van der Waals surface area (Å²) in [6.07, 6.45) is 0.697. The normalized spacial score (nSPS) is 20.7. The van der Waals surface area contributed by atoms with Gasteiger partial charge in [0.25, 0.3) is 0 Å². The number of nitrogens with zero attached hydrogens (tertiary/aromatic N) is 1. The molecule has 2 rings (SSSR count). The zero-order valence-electron chi connectivity index (χ0n) is 9.97. The lowest BCUT2D eigenvalue weighted by atomic mass is 10.2. The van der Waals surface area contributed by atoms with E-state index in [-0.39, 0.29) is 23.3 Å². The fraction of sp³-hybridized carbons (Fsp3) is 0.455. The van der Waals surface area contributed by atoms with Gasteiger partial charge in [-0.05, 0) is 25.0 Å². The minimum Gasteiger partial charge on any atom is -0.326 e. The Bertz CT molecular complexity index is 534. The minimum atomic E-state index is -3.50. The number of sulfonamides is 1. The molecule has 1 aliphatic rings. The van der Waals surface area contributed by atoms with Gasteiger partial charge in [0.2, 0.25) is 10.0 Å². The van der Waals surface area contributed by atoms with E-state index < -0.39 is 10.0 Å². The highest BCUT2D eigenvalue weighted by Gasteiger charge is 2.32. The van der Waals surface area contributed by atoms with Gasteiger partial charge < -0.3 is 5.73 Å². The van der Waals surface area contributed by atoms with Crippen molar-refractivity contribution < 1.29 is 8.42 Å². The van der Waals surface area contributed by atoms with Crippen molar-refractivity contribution in [1.82, 2.24) is 4.31 Å². The quantitative estimate of drug-likeness (QED) is 0.906. The summed E-state index contributed by atoms with van der Waals surface area (Å²) >= 11 is 6.06. The van der Waals surface area contributed by atoms with Crippen LogP contribution < -0.4 is 5.73 Å². The van der Waals surface area contributed by atoms with Gasteiger partial charge in [0, 0.05) is 19.1 Å². The Hall–Kier alpha value is -0.330. The molecule has 0 spiro atoms. The maximum atomic E-state index is 12.3. The van der Waals surface area contributed by atoms with Crippen LogP contribution in [-0.4, -0.2) is 31.9 Å². The molecule has 1 fully saturated rings. The molecule has 0 bridgehead atoms. The lowest BCUT2D eigenvalue weighted by molar-refractivity contribution is 0.472. The molecular weight excluding hydrogens is 295 g/mol. The Labute approximate surface area is 119 Å². The van der Waals surface area contributed by atoms with Gasteiger partial charge in [-0.15, -0.1) is 12.4 Å². The number of nitrogens with two attached hydrogens (primary N) is 1. The lowest BCUT2D eigenvalue weighted by Crippen LogP contribution is -2.32. The molecular formula is C11H16Cl2N2O2S. The molecule has 102 valence electrons. The third-order valence-electron chi connectivity index (χ3n) is 2.96. The second-order valence-electron chi connectivity index (χ2n) is 4.30. The van der Waals surface area contributed by atoms with Crippen molar-refractivity contribution in [2.75, 3.05) is 13.1 Å². The van der Waals surface area contributed by atoms with Gasteiger partial charge in [0.15, 0.2) is 0 Å². The monoisotopic (exact) mass is 310 g/mol. The first-order valence-corrected chi connectivity index (χ1v) is 7.25. The third-order valence-corrected chi connectivity index (χ3v) is 5.48. The molecule has 1 aromatic rings. The highest BCUT2D eigenvalue weighted by Crippen LogP contribution is 2.28. The summed E-state index contributed by atoms with van der Waals surface area (Å²) in [5.74, 6) is 0. The zero-order valence-corrected chi connectivity index (χ0v) is 12.4. The van der Waals surface area contributed by atoms with Crippen LogP contribution in [0.5, 0.6) is 0 Å². The molecule has 4 nitrogen and oxygen atoms in total. The van der Waals surface area contributed by atoms with Gasteiger partial charge in [-0.25, -0.2) is 8.42 Å². The molecule has 0 amide bonds. The first-order valence-electron chi connectivity index (χ1n) is 5.44. The number of rotatable bonds is 2. The minimum absolute atomic E-state index is 0. The van der Waals surface area contributed by atoms with Crippen LogP contribution in [0.1, 0.15) is 12.0 Å². The Kier molecular flexibility index (Phi) is 5.03. The van der Waals surface area contributed by atoms with Crippen molar-refractivity contribution in [2.45, 2.75) is 24.3 Å². The van der Waals surface area contributed by atoms with Crippen LogP contribution >= 0.6 is 24.0 Å². The number of aryl methyl sites for hydroxylation is 1. The van der Waals surface area contributed by atoms with Crippen molar-refractivity contribution in [1.29, 1.82) is 0 Å². The predicted molar refractivity (Wildman–Crippen MR) is 74.8 cm³/mol. The molecule has 1 unspecified atom stereocenters. The van der Waals surface area contributed by atoms with Crippen LogP contribution in [0.3, 0.4) is 0 Å². The summed E-state index contributed by atoms with van der Waals surface area (Å²) in [6.45, 7) is 2.62. The van der Waals surface area contributed by atoms with Crippen LogP contribution in [0.25, 0.3) is 0 Å². The molecule has 0 radical (unpaired) electrons. The van der Waals surface area contributed by atoms with Crippen LogP contribution in [0.15, 0.2) is 23.1 Å². The van der Waals surface area contributed by atoms with Gasteiger partial charge in [-0.3, -0.25) is 0 Å². The average Bonchev–Trinajstić information content (AvgIpc) is 2.69. The molecule has 1 heterocycles. The number of benzene rings is 1. The van der Waals surface area contributed by atoms with E-state index in [9.17, 15) is 8.42 Å². The molecule has 1 aliphatic heterocycles. The second-order valence-corrected chi connectivity index (χ2v) is 6.58. The van der Waals surface area contributed by atoms with Crippen LogP contribution in [0.2, 0.25) is 5.02 Å².